The number of carbonyl (C=O) groups excluding carboxylic acids is 1. The largest absolute Gasteiger partial charge is 0.355 e. The Bertz CT molecular complexity index is 1740. The third-order valence-corrected chi connectivity index (χ3v) is 7.84. The fourth-order valence-corrected chi connectivity index (χ4v) is 5.75. The molecule has 1 amide bonds. The minimum Gasteiger partial charge on any atom is -0.350 e. The monoisotopic (exact) mass is 568 g/mol. The molecule has 0 N–H and O–H groups in total. The number of amides is 1. The van der Waals surface area contributed by atoms with Gasteiger partial charge >= 0.3 is 5.69 Å². The molecule has 1 fully saturated rings. The van der Waals surface area contributed by atoms with E-state index in [1.807, 2.05) is 64.1 Å². The maximum absolute atomic E-state index is 14.0. The number of pyridine rings is 2. The number of piperazine rings is 1. The first-order valence-corrected chi connectivity index (χ1v) is 14.0. The van der Waals surface area contributed by atoms with Crippen LogP contribution in [0.4, 0.5) is 5.82 Å². The zero-order chi connectivity index (χ0) is 29.4. The lowest BCUT2D eigenvalue weighted by atomic mass is 10.0. The smallest absolute Gasteiger partial charge is 0.350 e. The van der Waals surface area contributed by atoms with Crippen LogP contribution in [0.5, 0.6) is 0 Å². The lowest BCUT2D eigenvalue weighted by Crippen LogP contribution is -2.54. The molecule has 210 valence electrons. The van der Waals surface area contributed by atoms with Crippen LogP contribution in [0.15, 0.2) is 66.6 Å². The molecule has 41 heavy (non-hydrogen) atoms. The van der Waals surface area contributed by atoms with Crippen molar-refractivity contribution in [2.24, 2.45) is 0 Å². The topological polar surface area (TPSA) is 84.2 Å². The van der Waals surface area contributed by atoms with Crippen LogP contribution in [-0.2, 0) is 4.79 Å². The van der Waals surface area contributed by atoms with E-state index in [-0.39, 0.29) is 17.9 Å². The SMILES string of the molecule is C=CC(=O)N1CCN(c2nc(=O)n(-c3c(C)ccnc3C(C)C)c3nc(-c4ccccc4C=C)c(Cl)cc23)[C@H](C)C1. The number of aromatic nitrogens is 4. The van der Waals surface area contributed by atoms with Crippen molar-refractivity contribution in [1.29, 1.82) is 0 Å². The van der Waals surface area contributed by atoms with Gasteiger partial charge in [0.05, 0.1) is 27.5 Å². The standard InChI is InChI=1S/C32H33ClN6O2/c1-7-22-11-9-10-12-23(22)28-25(33)17-24-30(38-16-15-37(18-21(38)6)26(40)8-2)36-32(41)39(31(24)35-28)29-20(5)13-14-34-27(29)19(3)4/h7-14,17,19,21H,1-2,15-16,18H2,3-6H3/t21-/m1/s1. The number of halogens is 1. The number of carbonyl (C=O) groups is 1. The predicted molar refractivity (Wildman–Crippen MR) is 166 cm³/mol. The number of anilines is 1. The quantitative estimate of drug-likeness (QED) is 0.274. The van der Waals surface area contributed by atoms with E-state index in [0.717, 1.165) is 22.4 Å². The number of rotatable bonds is 6. The zero-order valence-corrected chi connectivity index (χ0v) is 24.5. The molecule has 4 heterocycles. The van der Waals surface area contributed by atoms with Crippen molar-refractivity contribution in [3.8, 4) is 16.9 Å². The van der Waals surface area contributed by atoms with Crippen molar-refractivity contribution < 1.29 is 4.79 Å². The fraction of sp³-hybridized carbons (Fsp3) is 0.281. The van der Waals surface area contributed by atoms with Gasteiger partial charge in [-0.2, -0.15) is 4.98 Å². The van der Waals surface area contributed by atoms with Gasteiger partial charge in [0.15, 0.2) is 5.65 Å². The molecule has 0 aliphatic carbocycles. The van der Waals surface area contributed by atoms with Gasteiger partial charge in [0, 0.05) is 37.4 Å². The van der Waals surface area contributed by atoms with Gasteiger partial charge in [-0.25, -0.2) is 14.3 Å². The van der Waals surface area contributed by atoms with Crippen molar-refractivity contribution >= 4 is 40.4 Å². The molecule has 0 spiro atoms. The van der Waals surface area contributed by atoms with Gasteiger partial charge in [-0.05, 0) is 49.1 Å². The van der Waals surface area contributed by atoms with Crippen molar-refractivity contribution in [1.82, 2.24) is 24.4 Å². The van der Waals surface area contributed by atoms with E-state index < -0.39 is 5.69 Å². The molecule has 4 aromatic rings. The maximum atomic E-state index is 14.0. The van der Waals surface area contributed by atoms with Crippen molar-refractivity contribution in [2.75, 3.05) is 24.5 Å². The molecule has 1 aliphatic heterocycles. The first-order chi connectivity index (χ1) is 19.7. The van der Waals surface area contributed by atoms with Crippen LogP contribution in [0.2, 0.25) is 5.02 Å². The molecule has 8 nitrogen and oxygen atoms in total. The van der Waals surface area contributed by atoms with Crippen LogP contribution in [0, 0.1) is 6.92 Å². The number of benzene rings is 1. The number of aryl methyl sites for hydroxylation is 1. The Labute approximate surface area is 244 Å². The molecule has 9 heteroatoms. The fourth-order valence-electron chi connectivity index (χ4n) is 5.49. The molecule has 3 aromatic heterocycles. The van der Waals surface area contributed by atoms with Crippen molar-refractivity contribution in [2.45, 2.75) is 39.7 Å². The zero-order valence-electron chi connectivity index (χ0n) is 23.8. The average molecular weight is 569 g/mol. The van der Waals surface area contributed by atoms with Crippen LogP contribution in [0.1, 0.15) is 43.5 Å². The highest BCUT2D eigenvalue weighted by Gasteiger charge is 2.30. The second-order valence-electron chi connectivity index (χ2n) is 10.6. The molecular formula is C32H33ClN6O2. The molecule has 1 atom stereocenters. The molecule has 1 aromatic carbocycles. The predicted octanol–water partition coefficient (Wildman–Crippen LogP) is 5.79. The van der Waals surface area contributed by atoms with E-state index in [9.17, 15) is 9.59 Å². The van der Waals surface area contributed by atoms with Crippen molar-refractivity contribution in [3.63, 3.8) is 0 Å². The van der Waals surface area contributed by atoms with Crippen molar-refractivity contribution in [3.05, 3.63) is 94.2 Å². The summed E-state index contributed by atoms with van der Waals surface area (Å²) in [6.07, 6.45) is 4.84. The lowest BCUT2D eigenvalue weighted by Gasteiger charge is -2.40. The van der Waals surface area contributed by atoms with E-state index in [1.54, 1.807) is 21.7 Å². The number of fused-ring (bicyclic) bond motifs is 1. The molecule has 5 rings (SSSR count). The van der Waals surface area contributed by atoms with Gasteiger partial charge < -0.3 is 9.80 Å². The van der Waals surface area contributed by atoms with Gasteiger partial charge in [0.1, 0.15) is 5.82 Å². The van der Waals surface area contributed by atoms with Gasteiger partial charge in [0.2, 0.25) is 5.91 Å². The van der Waals surface area contributed by atoms with E-state index in [1.165, 1.54) is 6.08 Å². The highest BCUT2D eigenvalue weighted by molar-refractivity contribution is 6.34. The summed E-state index contributed by atoms with van der Waals surface area (Å²) in [7, 11) is 0. The molecule has 0 radical (unpaired) electrons. The van der Waals surface area contributed by atoms with Gasteiger partial charge in [-0.15, -0.1) is 0 Å². The third-order valence-electron chi connectivity index (χ3n) is 7.55. The van der Waals surface area contributed by atoms with Crippen LogP contribution in [0.3, 0.4) is 0 Å². The summed E-state index contributed by atoms with van der Waals surface area (Å²) in [6, 6.07) is 11.4. The van der Waals surface area contributed by atoms with Crippen LogP contribution >= 0.6 is 11.6 Å². The van der Waals surface area contributed by atoms with Gasteiger partial charge in [-0.1, -0.05) is 68.9 Å². The summed E-state index contributed by atoms with van der Waals surface area (Å²) in [5.41, 5.74) is 4.54. The van der Waals surface area contributed by atoms with Crippen LogP contribution in [-0.4, -0.2) is 56.0 Å². The molecule has 1 saturated heterocycles. The van der Waals surface area contributed by atoms with Crippen LogP contribution in [0.25, 0.3) is 34.1 Å². The molecule has 1 aliphatic rings. The molecule has 0 saturated carbocycles. The van der Waals surface area contributed by atoms with E-state index in [2.05, 4.69) is 28.0 Å². The van der Waals surface area contributed by atoms with E-state index in [4.69, 9.17) is 16.6 Å². The summed E-state index contributed by atoms with van der Waals surface area (Å²) in [6.45, 7) is 17.1. The normalized spacial score (nSPS) is 15.4. The first-order valence-electron chi connectivity index (χ1n) is 13.6. The number of hydrogen-bond donors (Lipinski definition) is 0. The Morgan fingerprint density at radius 1 is 1.15 bits per heavy atom. The minimum atomic E-state index is -0.458. The third kappa shape index (κ3) is 5.04. The number of hydrogen-bond acceptors (Lipinski definition) is 6. The second-order valence-corrected chi connectivity index (χ2v) is 11.0. The Morgan fingerprint density at radius 3 is 2.59 bits per heavy atom. The van der Waals surface area contributed by atoms with Crippen LogP contribution < -0.4 is 10.6 Å². The molecule has 0 bridgehead atoms. The highest BCUT2D eigenvalue weighted by atomic mass is 35.5. The molecule has 0 unspecified atom stereocenters. The highest BCUT2D eigenvalue weighted by Crippen LogP contribution is 2.36. The second kappa shape index (κ2) is 11.3. The average Bonchev–Trinajstić information content (AvgIpc) is 2.96. The Kier molecular flexibility index (Phi) is 7.78. The Hall–Kier alpha value is -4.30. The summed E-state index contributed by atoms with van der Waals surface area (Å²) in [5, 5.41) is 1.07. The summed E-state index contributed by atoms with van der Waals surface area (Å²) < 4.78 is 1.56. The minimum absolute atomic E-state index is 0.0512. The maximum Gasteiger partial charge on any atom is 0.355 e. The van der Waals surface area contributed by atoms with Gasteiger partial charge in [-0.3, -0.25) is 9.78 Å². The summed E-state index contributed by atoms with van der Waals surface area (Å²) in [4.78, 5) is 44.5. The molecular weight excluding hydrogens is 536 g/mol. The first kappa shape index (κ1) is 28.2. The summed E-state index contributed by atoms with van der Waals surface area (Å²) in [5.74, 6) is 0.425. The van der Waals surface area contributed by atoms with Gasteiger partial charge in [0.25, 0.3) is 0 Å². The lowest BCUT2D eigenvalue weighted by molar-refractivity contribution is -0.126. The van der Waals surface area contributed by atoms with E-state index >= 15 is 0 Å². The number of nitrogens with zero attached hydrogens (tertiary/aromatic N) is 6. The van der Waals surface area contributed by atoms with E-state index in [0.29, 0.717) is 52.9 Å². The summed E-state index contributed by atoms with van der Waals surface area (Å²) >= 11 is 6.94. The Balaban J connectivity index is 1.82. The Morgan fingerprint density at radius 2 is 1.90 bits per heavy atom.